The molecule has 2 aliphatic heterocycles. The molecule has 5 rings (SSSR count). The summed E-state index contributed by atoms with van der Waals surface area (Å²) in [6, 6.07) is 8.18. The van der Waals surface area contributed by atoms with E-state index in [4.69, 9.17) is 0 Å². The van der Waals surface area contributed by atoms with Crippen LogP contribution in [0.2, 0.25) is 0 Å². The van der Waals surface area contributed by atoms with Crippen LogP contribution in [0, 0.1) is 11.7 Å². The summed E-state index contributed by atoms with van der Waals surface area (Å²) in [6.45, 7) is 2.04. The average Bonchev–Trinajstić information content (AvgIpc) is 3.33. The highest BCUT2D eigenvalue weighted by atomic mass is 32.1. The van der Waals surface area contributed by atoms with Gasteiger partial charge in [-0.15, -0.1) is 11.3 Å². The second-order valence-electron chi connectivity index (χ2n) is 7.90. The summed E-state index contributed by atoms with van der Waals surface area (Å²) in [6.07, 6.45) is 6.63. The molecular weight excluding hydrogens is 387 g/mol. The number of carbonyl (C=O) groups is 1. The Morgan fingerprint density at radius 1 is 1.24 bits per heavy atom. The monoisotopic (exact) mass is 410 g/mol. The molecule has 1 amide bonds. The molecule has 150 valence electrons. The summed E-state index contributed by atoms with van der Waals surface area (Å²) < 4.78 is 15.4. The number of fused-ring (bicyclic) bond motifs is 2. The molecule has 5 nitrogen and oxygen atoms in total. The third kappa shape index (κ3) is 3.48. The smallest absolute Gasteiger partial charge is 0.226 e. The number of hydrogen-bond acceptors (Lipinski definition) is 5. The number of anilines is 1. The van der Waals surface area contributed by atoms with Crippen molar-refractivity contribution >= 4 is 33.1 Å². The average molecular weight is 411 g/mol. The quantitative estimate of drug-likeness (QED) is 0.640. The van der Waals surface area contributed by atoms with Crippen LogP contribution in [0.25, 0.3) is 10.2 Å². The van der Waals surface area contributed by atoms with Crippen LogP contribution in [-0.2, 0) is 11.2 Å². The van der Waals surface area contributed by atoms with Crippen molar-refractivity contribution in [3.63, 3.8) is 0 Å². The first kappa shape index (κ1) is 18.5. The maximum atomic E-state index is 14.1. The van der Waals surface area contributed by atoms with Gasteiger partial charge in [-0.2, -0.15) is 0 Å². The third-order valence-corrected chi connectivity index (χ3v) is 7.12. The van der Waals surface area contributed by atoms with Crippen LogP contribution in [0.4, 0.5) is 10.1 Å². The molecule has 1 unspecified atom stereocenters. The molecule has 0 saturated carbocycles. The van der Waals surface area contributed by atoms with E-state index in [0.717, 1.165) is 31.2 Å². The second kappa shape index (κ2) is 7.71. The number of thiazole rings is 1. The Morgan fingerprint density at radius 3 is 3.07 bits per heavy atom. The SMILES string of the molecule is O=C1C(CCCc2cccc3ncsc23)C[C@H]2CN(c3ccncc3F)CCN12. The Bertz CT molecular complexity index is 1040. The largest absolute Gasteiger partial charge is 0.365 e. The Hall–Kier alpha value is -2.54. The number of hydrogen-bond donors (Lipinski definition) is 0. The van der Waals surface area contributed by atoms with Gasteiger partial charge in [0.15, 0.2) is 5.82 Å². The Balaban J connectivity index is 1.21. The maximum Gasteiger partial charge on any atom is 0.226 e. The minimum atomic E-state index is -0.293. The molecule has 7 heteroatoms. The van der Waals surface area contributed by atoms with Crippen LogP contribution in [0.5, 0.6) is 0 Å². The van der Waals surface area contributed by atoms with Gasteiger partial charge in [-0.05, 0) is 43.4 Å². The first-order valence-corrected chi connectivity index (χ1v) is 11.0. The number of carbonyl (C=O) groups excluding carboxylic acids is 1. The lowest BCUT2D eigenvalue weighted by atomic mass is 9.96. The van der Waals surface area contributed by atoms with E-state index in [0.29, 0.717) is 25.3 Å². The lowest BCUT2D eigenvalue weighted by Crippen LogP contribution is -2.51. The molecule has 2 aromatic heterocycles. The van der Waals surface area contributed by atoms with E-state index in [1.165, 1.54) is 16.5 Å². The summed E-state index contributed by atoms with van der Waals surface area (Å²) >= 11 is 1.69. The third-order valence-electron chi connectivity index (χ3n) is 6.20. The van der Waals surface area contributed by atoms with Crippen molar-refractivity contribution in [3.8, 4) is 0 Å². The number of nitrogens with zero attached hydrogens (tertiary/aromatic N) is 4. The molecule has 0 spiro atoms. The lowest BCUT2D eigenvalue weighted by Gasteiger charge is -2.38. The van der Waals surface area contributed by atoms with E-state index in [1.54, 1.807) is 23.6 Å². The van der Waals surface area contributed by atoms with Gasteiger partial charge in [0.1, 0.15) is 0 Å². The Kier molecular flexibility index (Phi) is 4.91. The topological polar surface area (TPSA) is 49.3 Å². The van der Waals surface area contributed by atoms with Gasteiger partial charge >= 0.3 is 0 Å². The summed E-state index contributed by atoms with van der Waals surface area (Å²) in [7, 11) is 0. The zero-order chi connectivity index (χ0) is 19.8. The Morgan fingerprint density at radius 2 is 2.17 bits per heavy atom. The van der Waals surface area contributed by atoms with E-state index in [1.807, 2.05) is 16.5 Å². The summed E-state index contributed by atoms with van der Waals surface area (Å²) in [5.41, 5.74) is 4.87. The van der Waals surface area contributed by atoms with E-state index >= 15 is 0 Å². The van der Waals surface area contributed by atoms with Crippen LogP contribution in [-0.4, -0.2) is 46.5 Å². The number of aromatic nitrogens is 2. The summed E-state index contributed by atoms with van der Waals surface area (Å²) in [5.74, 6) is 0.0721. The zero-order valence-corrected chi connectivity index (χ0v) is 16.9. The van der Waals surface area contributed by atoms with Crippen molar-refractivity contribution < 1.29 is 9.18 Å². The summed E-state index contributed by atoms with van der Waals surface area (Å²) in [5, 5.41) is 0. The van der Waals surface area contributed by atoms with Gasteiger partial charge in [-0.25, -0.2) is 9.37 Å². The first-order valence-electron chi connectivity index (χ1n) is 10.2. The zero-order valence-electron chi connectivity index (χ0n) is 16.1. The molecule has 3 aromatic rings. The van der Waals surface area contributed by atoms with E-state index in [-0.39, 0.29) is 23.7 Å². The predicted molar refractivity (Wildman–Crippen MR) is 113 cm³/mol. The molecule has 0 N–H and O–H groups in total. The number of pyridine rings is 1. The fourth-order valence-electron chi connectivity index (χ4n) is 4.78. The minimum absolute atomic E-state index is 0.0860. The fourth-order valence-corrected chi connectivity index (χ4v) is 5.61. The highest BCUT2D eigenvalue weighted by molar-refractivity contribution is 7.16. The molecule has 1 aromatic carbocycles. The van der Waals surface area contributed by atoms with Gasteiger partial charge in [-0.3, -0.25) is 9.78 Å². The molecule has 4 heterocycles. The van der Waals surface area contributed by atoms with Gasteiger partial charge in [0.25, 0.3) is 0 Å². The van der Waals surface area contributed by atoms with E-state index in [9.17, 15) is 9.18 Å². The molecule has 0 bridgehead atoms. The standard InChI is InChI=1S/C22H23FN4OS/c23-18-12-24-8-7-20(18)26-9-10-27-17(13-26)11-16(22(27)28)5-1-3-15-4-2-6-19-21(15)29-14-25-19/h2,4,6-8,12,14,16-17H,1,3,5,9-11,13H2/t16?,17-/m0/s1. The molecule has 2 saturated heterocycles. The maximum absolute atomic E-state index is 14.1. The van der Waals surface area contributed by atoms with Gasteiger partial charge in [0, 0.05) is 31.7 Å². The molecule has 2 aliphatic rings. The first-order chi connectivity index (χ1) is 14.2. The van der Waals surface area contributed by atoms with Gasteiger partial charge < -0.3 is 9.80 Å². The molecule has 2 fully saturated rings. The molecule has 2 atom stereocenters. The van der Waals surface area contributed by atoms with Crippen molar-refractivity contribution in [3.05, 3.63) is 53.6 Å². The van der Waals surface area contributed by atoms with E-state index < -0.39 is 0 Å². The summed E-state index contributed by atoms with van der Waals surface area (Å²) in [4.78, 5) is 25.2. The van der Waals surface area contributed by atoms with Crippen molar-refractivity contribution in [2.45, 2.75) is 31.7 Å². The molecule has 0 aliphatic carbocycles. The number of rotatable bonds is 5. The fraction of sp³-hybridized carbons (Fsp3) is 0.409. The molecular formula is C22H23FN4OS. The predicted octanol–water partition coefficient (Wildman–Crippen LogP) is 3.89. The normalized spacial score (nSPS) is 21.8. The number of amides is 1. The number of aryl methyl sites for hydroxylation is 1. The van der Waals surface area contributed by atoms with Crippen molar-refractivity contribution in [1.29, 1.82) is 0 Å². The lowest BCUT2D eigenvalue weighted by molar-refractivity contribution is -0.132. The van der Waals surface area contributed by atoms with Crippen LogP contribution in [0.1, 0.15) is 24.8 Å². The molecule has 0 radical (unpaired) electrons. The van der Waals surface area contributed by atoms with Gasteiger partial charge in [0.2, 0.25) is 5.91 Å². The minimum Gasteiger partial charge on any atom is -0.365 e. The number of halogens is 1. The van der Waals surface area contributed by atoms with Crippen molar-refractivity contribution in [1.82, 2.24) is 14.9 Å². The Labute approximate surface area is 173 Å². The van der Waals surface area contributed by atoms with Crippen molar-refractivity contribution in [2.24, 2.45) is 5.92 Å². The number of benzene rings is 1. The van der Waals surface area contributed by atoms with Crippen molar-refractivity contribution in [2.75, 3.05) is 24.5 Å². The number of piperazine rings is 1. The van der Waals surface area contributed by atoms with Crippen LogP contribution in [0.15, 0.2) is 42.2 Å². The van der Waals surface area contributed by atoms with Crippen LogP contribution >= 0.6 is 11.3 Å². The van der Waals surface area contributed by atoms with Crippen LogP contribution in [0.3, 0.4) is 0 Å². The van der Waals surface area contributed by atoms with Crippen LogP contribution < -0.4 is 4.90 Å². The van der Waals surface area contributed by atoms with Gasteiger partial charge in [-0.1, -0.05) is 12.1 Å². The van der Waals surface area contributed by atoms with E-state index in [2.05, 4.69) is 27.0 Å². The highest BCUT2D eigenvalue weighted by Crippen LogP contribution is 2.33. The second-order valence-corrected chi connectivity index (χ2v) is 8.76. The molecule has 29 heavy (non-hydrogen) atoms. The van der Waals surface area contributed by atoms with Gasteiger partial charge in [0.05, 0.1) is 33.7 Å². The highest BCUT2D eigenvalue weighted by Gasteiger charge is 2.42.